The van der Waals surface area contributed by atoms with Gasteiger partial charge in [-0.25, -0.2) is 4.98 Å². The number of nitrogens with zero attached hydrogens (tertiary/aromatic N) is 3. The lowest BCUT2D eigenvalue weighted by molar-refractivity contribution is 0.304. The largest absolute Gasteiger partial charge is 0.488 e. The van der Waals surface area contributed by atoms with Gasteiger partial charge in [0.1, 0.15) is 12.4 Å². The van der Waals surface area contributed by atoms with Crippen molar-refractivity contribution in [2.24, 2.45) is 5.10 Å². The highest BCUT2D eigenvalue weighted by molar-refractivity contribution is 14.1. The Labute approximate surface area is 220 Å². The summed E-state index contributed by atoms with van der Waals surface area (Å²) in [5, 5.41) is 5.73. The molecule has 5 aromatic rings. The fourth-order valence-corrected chi connectivity index (χ4v) is 4.50. The summed E-state index contributed by atoms with van der Waals surface area (Å²) in [5.74, 6) is 1.23. The second-order valence-electron chi connectivity index (χ2n) is 7.75. The summed E-state index contributed by atoms with van der Waals surface area (Å²) < 4.78 is 8.24. The van der Waals surface area contributed by atoms with Gasteiger partial charge in [-0.2, -0.15) is 9.78 Å². The normalized spacial score (nSPS) is 11.3. The molecule has 0 amide bonds. The second-order valence-corrected chi connectivity index (χ2v) is 9.32. The van der Waals surface area contributed by atoms with Crippen molar-refractivity contribution in [3.05, 3.63) is 127 Å². The topological polar surface area (TPSA) is 56.5 Å². The van der Waals surface area contributed by atoms with Crippen LogP contribution in [0.1, 0.15) is 11.1 Å². The minimum atomic E-state index is -0.222. The van der Waals surface area contributed by atoms with Gasteiger partial charge in [0.25, 0.3) is 5.56 Å². The number of halogens is 2. The molecule has 0 aliphatic carbocycles. The zero-order chi connectivity index (χ0) is 24.2. The highest BCUT2D eigenvalue weighted by atomic mass is 127. The first-order chi connectivity index (χ1) is 17.1. The molecule has 0 aliphatic heterocycles. The Morgan fingerprint density at radius 3 is 2.49 bits per heavy atom. The minimum Gasteiger partial charge on any atom is -0.488 e. The SMILES string of the molecule is O=c1c2ccccc2nc(-c2ccccc2)n1N=Cc1ccc(OCc2ccccc2Cl)c(I)c1. The molecule has 0 saturated carbocycles. The molecule has 5 nitrogen and oxygen atoms in total. The number of ether oxygens (including phenoxy) is 1. The fraction of sp³-hybridized carbons (Fsp3) is 0.0357. The van der Waals surface area contributed by atoms with Crippen LogP contribution in [0.2, 0.25) is 5.02 Å². The lowest BCUT2D eigenvalue weighted by Gasteiger charge is -2.11. The molecule has 0 atom stereocenters. The summed E-state index contributed by atoms with van der Waals surface area (Å²) in [4.78, 5) is 18.0. The molecular formula is C28H19ClIN3O2. The third-order valence-electron chi connectivity index (χ3n) is 5.41. The van der Waals surface area contributed by atoms with Gasteiger partial charge in [0.05, 0.1) is 20.7 Å². The van der Waals surface area contributed by atoms with Gasteiger partial charge in [0.15, 0.2) is 5.82 Å². The number of hydrogen-bond donors (Lipinski definition) is 0. The highest BCUT2D eigenvalue weighted by Gasteiger charge is 2.12. The molecule has 0 saturated heterocycles. The first kappa shape index (κ1) is 23.3. The minimum absolute atomic E-state index is 0.222. The van der Waals surface area contributed by atoms with E-state index in [1.54, 1.807) is 12.3 Å². The van der Waals surface area contributed by atoms with Crippen molar-refractivity contribution in [1.29, 1.82) is 0 Å². The highest BCUT2D eigenvalue weighted by Crippen LogP contribution is 2.25. The lowest BCUT2D eigenvalue weighted by Crippen LogP contribution is -2.20. The predicted molar refractivity (Wildman–Crippen MR) is 149 cm³/mol. The Bertz CT molecular complexity index is 1600. The van der Waals surface area contributed by atoms with Crippen LogP contribution < -0.4 is 10.3 Å². The molecule has 4 aromatic carbocycles. The van der Waals surface area contributed by atoms with Crippen LogP contribution in [0.5, 0.6) is 5.75 Å². The Kier molecular flexibility index (Phi) is 6.92. The molecule has 0 radical (unpaired) electrons. The van der Waals surface area contributed by atoms with Crippen molar-refractivity contribution in [2.45, 2.75) is 6.61 Å². The monoisotopic (exact) mass is 591 g/mol. The maximum absolute atomic E-state index is 13.3. The standard InChI is InChI=1S/C28H19ClIN3O2/c29-23-12-6-4-10-21(23)18-35-26-15-14-19(16-24(26)30)17-31-33-27(20-8-2-1-3-9-20)32-25-13-7-5-11-22(25)28(33)34/h1-17H,18H2. The van der Waals surface area contributed by atoms with E-state index in [1.165, 1.54) is 4.68 Å². The third kappa shape index (κ3) is 5.13. The molecule has 0 N–H and O–H groups in total. The fourth-order valence-electron chi connectivity index (χ4n) is 3.61. The maximum atomic E-state index is 13.3. The van der Waals surface area contributed by atoms with E-state index in [2.05, 4.69) is 27.7 Å². The van der Waals surface area contributed by atoms with Gasteiger partial charge >= 0.3 is 0 Å². The van der Waals surface area contributed by atoms with Crippen LogP contribution in [0, 0.1) is 3.57 Å². The van der Waals surface area contributed by atoms with Gasteiger partial charge in [0, 0.05) is 16.1 Å². The van der Waals surface area contributed by atoms with E-state index >= 15 is 0 Å². The van der Waals surface area contributed by atoms with Gasteiger partial charge in [-0.05, 0) is 64.6 Å². The van der Waals surface area contributed by atoms with Gasteiger partial charge in [-0.3, -0.25) is 4.79 Å². The van der Waals surface area contributed by atoms with Gasteiger partial charge < -0.3 is 4.74 Å². The Morgan fingerprint density at radius 2 is 1.69 bits per heavy atom. The molecule has 5 rings (SSSR count). The molecule has 0 spiro atoms. The number of benzene rings is 4. The first-order valence-electron chi connectivity index (χ1n) is 10.9. The molecule has 0 unspecified atom stereocenters. The molecule has 1 heterocycles. The number of para-hydroxylation sites is 1. The maximum Gasteiger partial charge on any atom is 0.282 e. The molecule has 7 heteroatoms. The Hall–Kier alpha value is -3.49. The van der Waals surface area contributed by atoms with Crippen molar-refractivity contribution >= 4 is 51.3 Å². The number of fused-ring (bicyclic) bond motifs is 1. The van der Waals surface area contributed by atoms with E-state index in [4.69, 9.17) is 21.3 Å². The van der Waals surface area contributed by atoms with Crippen LogP contribution in [0.25, 0.3) is 22.3 Å². The zero-order valence-corrected chi connectivity index (χ0v) is 21.3. The second kappa shape index (κ2) is 10.4. The van der Waals surface area contributed by atoms with Crippen LogP contribution in [-0.2, 0) is 6.61 Å². The van der Waals surface area contributed by atoms with Crippen molar-refractivity contribution in [1.82, 2.24) is 9.66 Å². The first-order valence-corrected chi connectivity index (χ1v) is 12.3. The summed E-state index contributed by atoms with van der Waals surface area (Å²) >= 11 is 8.45. The smallest absolute Gasteiger partial charge is 0.282 e. The summed E-state index contributed by atoms with van der Waals surface area (Å²) in [5.41, 5.74) is 2.98. The summed E-state index contributed by atoms with van der Waals surface area (Å²) in [6.07, 6.45) is 1.66. The van der Waals surface area contributed by atoms with Crippen LogP contribution in [0.15, 0.2) is 107 Å². The average Bonchev–Trinajstić information content (AvgIpc) is 2.89. The number of hydrogen-bond acceptors (Lipinski definition) is 4. The van der Waals surface area contributed by atoms with Crippen molar-refractivity contribution in [3.8, 4) is 17.1 Å². The van der Waals surface area contributed by atoms with Crippen molar-refractivity contribution < 1.29 is 4.74 Å². The van der Waals surface area contributed by atoms with Crippen LogP contribution in [0.3, 0.4) is 0 Å². The summed E-state index contributed by atoms with van der Waals surface area (Å²) in [6.45, 7) is 0.377. The van der Waals surface area contributed by atoms with E-state index < -0.39 is 0 Å². The molecule has 0 fully saturated rings. The van der Waals surface area contributed by atoms with E-state index in [-0.39, 0.29) is 5.56 Å². The Balaban J connectivity index is 1.46. The van der Waals surface area contributed by atoms with E-state index in [9.17, 15) is 4.79 Å². The lowest BCUT2D eigenvalue weighted by atomic mass is 10.2. The van der Waals surface area contributed by atoms with Gasteiger partial charge in [0.2, 0.25) is 0 Å². The summed E-state index contributed by atoms with van der Waals surface area (Å²) in [7, 11) is 0. The Morgan fingerprint density at radius 1 is 0.943 bits per heavy atom. The third-order valence-corrected chi connectivity index (χ3v) is 6.62. The number of aromatic nitrogens is 2. The molecular weight excluding hydrogens is 573 g/mol. The molecule has 172 valence electrons. The van der Waals surface area contributed by atoms with Crippen LogP contribution in [0.4, 0.5) is 0 Å². The van der Waals surface area contributed by atoms with Crippen molar-refractivity contribution in [3.63, 3.8) is 0 Å². The van der Waals surface area contributed by atoms with E-state index in [1.807, 2.05) is 91.0 Å². The van der Waals surface area contributed by atoms with Crippen LogP contribution in [-0.4, -0.2) is 15.9 Å². The molecule has 1 aromatic heterocycles. The average molecular weight is 592 g/mol. The zero-order valence-electron chi connectivity index (χ0n) is 18.4. The van der Waals surface area contributed by atoms with Crippen molar-refractivity contribution in [2.75, 3.05) is 0 Å². The van der Waals surface area contributed by atoms with E-state index in [0.29, 0.717) is 28.4 Å². The molecule has 0 bridgehead atoms. The van der Waals surface area contributed by atoms with Gasteiger partial charge in [-0.15, -0.1) is 0 Å². The quantitative estimate of drug-likeness (QED) is 0.162. The van der Waals surface area contributed by atoms with Gasteiger partial charge in [-0.1, -0.05) is 72.3 Å². The van der Waals surface area contributed by atoms with E-state index in [0.717, 1.165) is 26.0 Å². The summed E-state index contributed by atoms with van der Waals surface area (Å²) in [6, 6.07) is 30.2. The molecule has 0 aliphatic rings. The number of rotatable bonds is 6. The predicted octanol–water partition coefficient (Wildman–Crippen LogP) is 6.78. The van der Waals surface area contributed by atoms with Crippen LogP contribution >= 0.6 is 34.2 Å². The molecule has 35 heavy (non-hydrogen) atoms.